The molecule has 1 N–H and O–H groups in total. The van der Waals surface area contributed by atoms with E-state index in [1.54, 1.807) is 7.11 Å². The number of carbonyl (C=O) groups is 1. The number of ether oxygens (including phenoxy) is 1. The highest BCUT2D eigenvalue weighted by Crippen LogP contribution is 2.27. The van der Waals surface area contributed by atoms with Crippen LogP contribution in [0, 0.1) is 0 Å². The van der Waals surface area contributed by atoms with E-state index < -0.39 is 5.97 Å². The Labute approximate surface area is 117 Å². The second-order valence-electron chi connectivity index (χ2n) is 6.34. The number of methoxy groups -OCH3 is 1. The number of hydrogen-bond donors (Lipinski definition) is 1. The average Bonchev–Trinajstić information content (AvgIpc) is 2.36. The Balaban J connectivity index is 2.57. The lowest BCUT2D eigenvalue weighted by atomic mass is 9.92. The minimum atomic E-state index is -0.685. The maximum Gasteiger partial charge on any atom is 0.303 e. The molecule has 1 fully saturated rings. The van der Waals surface area contributed by atoms with Gasteiger partial charge in [-0.05, 0) is 53.0 Å². The molecule has 1 rings (SSSR count). The number of rotatable bonds is 7. The van der Waals surface area contributed by atoms with Crippen LogP contribution in [0.2, 0.25) is 0 Å². The van der Waals surface area contributed by atoms with Gasteiger partial charge in [-0.1, -0.05) is 6.42 Å². The topological polar surface area (TPSA) is 49.8 Å². The van der Waals surface area contributed by atoms with Crippen LogP contribution in [0.25, 0.3) is 0 Å². The Morgan fingerprint density at radius 3 is 2.74 bits per heavy atom. The normalized spacial score (nSPS) is 23.3. The number of carboxylic acids is 1. The molecule has 0 aromatic heterocycles. The lowest BCUT2D eigenvalue weighted by molar-refractivity contribution is -0.137. The zero-order valence-corrected chi connectivity index (χ0v) is 12.8. The molecule has 1 aliphatic rings. The highest BCUT2D eigenvalue weighted by atomic mass is 16.5. The first-order valence-electron chi connectivity index (χ1n) is 7.38. The fraction of sp³-hybridized carbons (Fsp3) is 0.933. The lowest BCUT2D eigenvalue weighted by Gasteiger charge is -2.42. The fourth-order valence-corrected chi connectivity index (χ4v) is 3.12. The van der Waals surface area contributed by atoms with E-state index in [1.807, 2.05) is 0 Å². The van der Waals surface area contributed by atoms with Crippen molar-refractivity contribution in [3.63, 3.8) is 0 Å². The standard InChI is InChI=1S/C15H29NO3/c1-12(11-15(2,3)19-4)16-10-6-5-7-13(16)8-9-14(17)18/h12-13H,5-11H2,1-4H3,(H,17,18). The van der Waals surface area contributed by atoms with Gasteiger partial charge < -0.3 is 9.84 Å². The second kappa shape index (κ2) is 7.25. The predicted molar refractivity (Wildman–Crippen MR) is 76.4 cm³/mol. The van der Waals surface area contributed by atoms with Gasteiger partial charge in [0, 0.05) is 25.6 Å². The van der Waals surface area contributed by atoms with Crippen LogP contribution in [-0.2, 0) is 9.53 Å². The Bertz CT molecular complexity index is 291. The molecule has 19 heavy (non-hydrogen) atoms. The van der Waals surface area contributed by atoms with Crippen LogP contribution in [0.4, 0.5) is 0 Å². The van der Waals surface area contributed by atoms with Gasteiger partial charge in [-0.2, -0.15) is 0 Å². The van der Waals surface area contributed by atoms with Gasteiger partial charge in [0.05, 0.1) is 5.60 Å². The van der Waals surface area contributed by atoms with E-state index in [1.165, 1.54) is 12.8 Å². The molecule has 0 aromatic rings. The fourth-order valence-electron chi connectivity index (χ4n) is 3.12. The smallest absolute Gasteiger partial charge is 0.303 e. The van der Waals surface area contributed by atoms with Gasteiger partial charge in [0.1, 0.15) is 0 Å². The SMILES string of the molecule is COC(C)(C)CC(C)N1CCCCC1CCC(=O)O. The number of likely N-dealkylation sites (tertiary alicyclic amines) is 1. The third-order valence-corrected chi connectivity index (χ3v) is 4.27. The Morgan fingerprint density at radius 2 is 2.16 bits per heavy atom. The van der Waals surface area contributed by atoms with E-state index >= 15 is 0 Å². The summed E-state index contributed by atoms with van der Waals surface area (Å²) in [6.45, 7) is 7.55. The highest BCUT2D eigenvalue weighted by molar-refractivity contribution is 5.66. The molecule has 0 aromatic carbocycles. The summed E-state index contributed by atoms with van der Waals surface area (Å²) in [4.78, 5) is 13.2. The van der Waals surface area contributed by atoms with E-state index in [0.717, 1.165) is 25.8 Å². The van der Waals surface area contributed by atoms with Crippen LogP contribution in [-0.4, -0.2) is 47.3 Å². The van der Waals surface area contributed by atoms with Crippen molar-refractivity contribution in [2.24, 2.45) is 0 Å². The number of carboxylic acid groups (broad SMARTS) is 1. The quantitative estimate of drug-likeness (QED) is 0.773. The van der Waals surface area contributed by atoms with Crippen molar-refractivity contribution in [2.75, 3.05) is 13.7 Å². The van der Waals surface area contributed by atoms with Crippen LogP contribution >= 0.6 is 0 Å². The lowest BCUT2D eigenvalue weighted by Crippen LogP contribution is -2.47. The molecule has 0 radical (unpaired) electrons. The summed E-state index contributed by atoms with van der Waals surface area (Å²) in [6, 6.07) is 0.863. The van der Waals surface area contributed by atoms with Gasteiger partial charge in [-0.3, -0.25) is 9.69 Å². The van der Waals surface area contributed by atoms with Gasteiger partial charge in [-0.15, -0.1) is 0 Å². The summed E-state index contributed by atoms with van der Waals surface area (Å²) in [5.74, 6) is -0.685. The van der Waals surface area contributed by atoms with Crippen LogP contribution in [0.1, 0.15) is 59.3 Å². The van der Waals surface area contributed by atoms with Crippen molar-refractivity contribution in [2.45, 2.75) is 77.0 Å². The summed E-state index contributed by atoms with van der Waals surface area (Å²) >= 11 is 0. The first-order valence-corrected chi connectivity index (χ1v) is 7.38. The van der Waals surface area contributed by atoms with Crippen LogP contribution < -0.4 is 0 Å². The monoisotopic (exact) mass is 271 g/mol. The number of nitrogens with zero attached hydrogens (tertiary/aromatic N) is 1. The Kier molecular flexibility index (Phi) is 6.27. The number of piperidine rings is 1. The molecule has 4 heteroatoms. The van der Waals surface area contributed by atoms with Gasteiger partial charge >= 0.3 is 5.97 Å². The van der Waals surface area contributed by atoms with Crippen molar-refractivity contribution in [1.29, 1.82) is 0 Å². The minimum absolute atomic E-state index is 0.117. The summed E-state index contributed by atoms with van der Waals surface area (Å²) in [5, 5.41) is 8.85. The number of hydrogen-bond acceptors (Lipinski definition) is 3. The van der Waals surface area contributed by atoms with E-state index in [4.69, 9.17) is 9.84 Å². The molecule has 0 saturated carbocycles. The Hall–Kier alpha value is -0.610. The zero-order valence-electron chi connectivity index (χ0n) is 12.8. The molecular formula is C15H29NO3. The summed E-state index contributed by atoms with van der Waals surface area (Å²) in [6.07, 6.45) is 5.61. The third-order valence-electron chi connectivity index (χ3n) is 4.27. The third kappa shape index (κ3) is 5.49. The van der Waals surface area contributed by atoms with E-state index in [0.29, 0.717) is 12.1 Å². The molecule has 2 unspecified atom stereocenters. The predicted octanol–water partition coefficient (Wildman–Crippen LogP) is 2.91. The van der Waals surface area contributed by atoms with E-state index in [2.05, 4.69) is 25.7 Å². The summed E-state index contributed by atoms with van der Waals surface area (Å²) in [5.41, 5.74) is -0.117. The summed E-state index contributed by atoms with van der Waals surface area (Å²) < 4.78 is 5.51. The molecule has 4 nitrogen and oxygen atoms in total. The van der Waals surface area contributed by atoms with Crippen LogP contribution in [0.15, 0.2) is 0 Å². The first kappa shape index (κ1) is 16.4. The molecule has 2 atom stereocenters. The van der Waals surface area contributed by atoms with Gasteiger partial charge in [0.2, 0.25) is 0 Å². The van der Waals surface area contributed by atoms with E-state index in [-0.39, 0.29) is 12.0 Å². The first-order chi connectivity index (χ1) is 8.85. The number of aliphatic carboxylic acids is 1. The molecular weight excluding hydrogens is 242 g/mol. The molecule has 1 saturated heterocycles. The largest absolute Gasteiger partial charge is 0.481 e. The zero-order chi connectivity index (χ0) is 14.5. The maximum atomic E-state index is 10.8. The van der Waals surface area contributed by atoms with Gasteiger partial charge in [0.15, 0.2) is 0 Å². The minimum Gasteiger partial charge on any atom is -0.481 e. The van der Waals surface area contributed by atoms with Crippen LogP contribution in [0.3, 0.4) is 0 Å². The molecule has 0 spiro atoms. The molecule has 112 valence electrons. The van der Waals surface area contributed by atoms with Crippen molar-refractivity contribution < 1.29 is 14.6 Å². The summed E-state index contributed by atoms with van der Waals surface area (Å²) in [7, 11) is 1.75. The highest BCUT2D eigenvalue weighted by Gasteiger charge is 2.30. The van der Waals surface area contributed by atoms with E-state index in [9.17, 15) is 4.79 Å². The van der Waals surface area contributed by atoms with Gasteiger partial charge in [0.25, 0.3) is 0 Å². The molecule has 1 aliphatic heterocycles. The average molecular weight is 271 g/mol. The Morgan fingerprint density at radius 1 is 1.47 bits per heavy atom. The van der Waals surface area contributed by atoms with Crippen LogP contribution in [0.5, 0.6) is 0 Å². The van der Waals surface area contributed by atoms with Crippen molar-refractivity contribution in [1.82, 2.24) is 4.90 Å². The molecule has 1 heterocycles. The maximum absolute atomic E-state index is 10.8. The molecule has 0 aliphatic carbocycles. The van der Waals surface area contributed by atoms with Crippen molar-refractivity contribution in [3.8, 4) is 0 Å². The van der Waals surface area contributed by atoms with Crippen molar-refractivity contribution >= 4 is 5.97 Å². The second-order valence-corrected chi connectivity index (χ2v) is 6.34. The molecule has 0 bridgehead atoms. The molecule has 0 amide bonds. The van der Waals surface area contributed by atoms with Crippen molar-refractivity contribution in [3.05, 3.63) is 0 Å². The van der Waals surface area contributed by atoms with Gasteiger partial charge in [-0.25, -0.2) is 0 Å².